The number of sulfonamides is 1. The Hall–Kier alpha value is -2.87. The number of amides is 2. The van der Waals surface area contributed by atoms with Crippen LogP contribution in [0.1, 0.15) is 24.5 Å². The Balaban J connectivity index is 1.84. The van der Waals surface area contributed by atoms with Crippen molar-refractivity contribution >= 4 is 38.9 Å². The second kappa shape index (κ2) is 7.03. The Bertz CT molecular complexity index is 1030. The smallest absolute Gasteiger partial charge is 0.262 e. The molecule has 2 aromatic rings. The molecule has 2 aromatic carbocycles. The van der Waals surface area contributed by atoms with Gasteiger partial charge in [-0.2, -0.15) is 0 Å². The van der Waals surface area contributed by atoms with Gasteiger partial charge in [-0.05, 0) is 54.4 Å². The van der Waals surface area contributed by atoms with Crippen LogP contribution >= 0.6 is 0 Å². The quantitative estimate of drug-likeness (QED) is 0.824. The number of rotatable bonds is 5. The topological polar surface area (TPSA) is 95.6 Å². The first-order chi connectivity index (χ1) is 12.7. The van der Waals surface area contributed by atoms with Gasteiger partial charge in [-0.1, -0.05) is 6.92 Å². The molecular weight excluding hydrogens is 366 g/mol. The highest BCUT2D eigenvalue weighted by atomic mass is 32.2. The van der Waals surface area contributed by atoms with Crippen molar-refractivity contribution in [1.82, 2.24) is 0 Å². The molecule has 0 bridgehead atoms. The molecule has 0 fully saturated rings. The SMILES string of the molecule is CCC(=O)Nc1ccc(S(=O)(=O)Nc2ccc3c(c2)CC(=O)N3C)c(C)c1. The maximum absolute atomic E-state index is 12.8. The molecule has 0 saturated heterocycles. The van der Waals surface area contributed by atoms with Gasteiger partial charge in [0.2, 0.25) is 11.8 Å². The first-order valence-electron chi connectivity index (χ1n) is 8.54. The molecule has 0 spiro atoms. The fourth-order valence-corrected chi connectivity index (χ4v) is 4.30. The van der Waals surface area contributed by atoms with Crippen LogP contribution < -0.4 is 14.9 Å². The van der Waals surface area contributed by atoms with Crippen molar-refractivity contribution in [1.29, 1.82) is 0 Å². The number of carbonyl (C=O) groups is 2. The highest BCUT2D eigenvalue weighted by Gasteiger charge is 2.25. The Kier molecular flexibility index (Phi) is 4.93. The molecule has 0 radical (unpaired) electrons. The second-order valence-electron chi connectivity index (χ2n) is 6.46. The lowest BCUT2D eigenvalue weighted by Crippen LogP contribution is -2.20. The lowest BCUT2D eigenvalue weighted by Gasteiger charge is -2.14. The largest absolute Gasteiger partial charge is 0.326 e. The molecule has 0 aromatic heterocycles. The number of carbonyl (C=O) groups excluding carboxylic acids is 2. The number of hydrogen-bond acceptors (Lipinski definition) is 4. The van der Waals surface area contributed by atoms with Gasteiger partial charge in [-0.3, -0.25) is 14.3 Å². The Morgan fingerprint density at radius 2 is 1.85 bits per heavy atom. The van der Waals surface area contributed by atoms with Gasteiger partial charge >= 0.3 is 0 Å². The van der Waals surface area contributed by atoms with Crippen LogP contribution in [0.5, 0.6) is 0 Å². The summed E-state index contributed by atoms with van der Waals surface area (Å²) in [5.41, 5.74) is 3.05. The van der Waals surface area contributed by atoms with Crippen molar-refractivity contribution in [3.05, 3.63) is 47.5 Å². The van der Waals surface area contributed by atoms with Crippen molar-refractivity contribution in [2.75, 3.05) is 22.0 Å². The van der Waals surface area contributed by atoms with Gasteiger partial charge in [0.25, 0.3) is 10.0 Å². The molecule has 0 unspecified atom stereocenters. The van der Waals surface area contributed by atoms with Gasteiger partial charge in [0.15, 0.2) is 0 Å². The van der Waals surface area contributed by atoms with Crippen LogP contribution in [0.3, 0.4) is 0 Å². The van der Waals surface area contributed by atoms with E-state index in [1.54, 1.807) is 56.1 Å². The van der Waals surface area contributed by atoms with E-state index < -0.39 is 10.0 Å². The molecule has 1 heterocycles. The van der Waals surface area contributed by atoms with E-state index in [2.05, 4.69) is 10.0 Å². The summed E-state index contributed by atoms with van der Waals surface area (Å²) in [6.45, 7) is 3.42. The van der Waals surface area contributed by atoms with Crippen molar-refractivity contribution < 1.29 is 18.0 Å². The minimum Gasteiger partial charge on any atom is -0.326 e. The number of nitrogens with one attached hydrogen (secondary N) is 2. The molecule has 1 aliphatic rings. The molecule has 8 heteroatoms. The minimum atomic E-state index is -3.80. The third-order valence-electron chi connectivity index (χ3n) is 4.48. The number of anilines is 3. The zero-order valence-electron chi connectivity index (χ0n) is 15.4. The summed E-state index contributed by atoms with van der Waals surface area (Å²) in [4.78, 5) is 25.0. The van der Waals surface area contributed by atoms with Gasteiger partial charge in [-0.15, -0.1) is 0 Å². The Morgan fingerprint density at radius 1 is 1.15 bits per heavy atom. The number of fused-ring (bicyclic) bond motifs is 1. The molecule has 0 saturated carbocycles. The monoisotopic (exact) mass is 387 g/mol. The minimum absolute atomic E-state index is 0.0226. The summed E-state index contributed by atoms with van der Waals surface area (Å²) in [6, 6.07) is 9.70. The third-order valence-corrected chi connectivity index (χ3v) is 6.02. The van der Waals surface area contributed by atoms with Crippen LogP contribution in [0.25, 0.3) is 0 Å². The fraction of sp³-hybridized carbons (Fsp3) is 0.263. The van der Waals surface area contributed by atoms with Gasteiger partial charge in [0.05, 0.1) is 11.3 Å². The maximum atomic E-state index is 12.8. The van der Waals surface area contributed by atoms with Gasteiger partial charge in [0, 0.05) is 30.5 Å². The van der Waals surface area contributed by atoms with E-state index in [0.29, 0.717) is 23.4 Å². The van der Waals surface area contributed by atoms with Gasteiger partial charge in [-0.25, -0.2) is 8.42 Å². The summed E-state index contributed by atoms with van der Waals surface area (Å²) in [7, 11) is -2.11. The van der Waals surface area contributed by atoms with Crippen LogP contribution in [-0.4, -0.2) is 27.3 Å². The fourth-order valence-electron chi connectivity index (χ4n) is 3.02. The van der Waals surface area contributed by atoms with E-state index >= 15 is 0 Å². The average molecular weight is 387 g/mol. The number of aryl methyl sites for hydroxylation is 1. The molecule has 1 aliphatic heterocycles. The lowest BCUT2D eigenvalue weighted by molar-refractivity contribution is -0.117. The second-order valence-corrected chi connectivity index (χ2v) is 8.11. The molecule has 142 valence electrons. The first-order valence-corrected chi connectivity index (χ1v) is 10.0. The summed E-state index contributed by atoms with van der Waals surface area (Å²) in [6.07, 6.45) is 0.600. The van der Waals surface area contributed by atoms with E-state index in [-0.39, 0.29) is 23.1 Å². The zero-order valence-corrected chi connectivity index (χ0v) is 16.2. The van der Waals surface area contributed by atoms with E-state index in [1.165, 1.54) is 6.07 Å². The zero-order chi connectivity index (χ0) is 19.8. The standard InChI is InChI=1S/C19H21N3O4S/c1-4-18(23)20-14-6-8-17(12(2)9-14)27(25,26)21-15-5-7-16-13(10-15)11-19(24)22(16)3/h5-10,21H,4,11H2,1-3H3,(H,20,23). The van der Waals surface area contributed by atoms with Crippen LogP contribution in [0.2, 0.25) is 0 Å². The van der Waals surface area contributed by atoms with Crippen LogP contribution in [0.4, 0.5) is 17.1 Å². The van der Waals surface area contributed by atoms with Gasteiger partial charge in [0.1, 0.15) is 0 Å². The lowest BCUT2D eigenvalue weighted by atomic mass is 10.1. The van der Waals surface area contributed by atoms with E-state index in [1.807, 2.05) is 0 Å². The van der Waals surface area contributed by atoms with Crippen molar-refractivity contribution in [2.45, 2.75) is 31.6 Å². The average Bonchev–Trinajstić information content (AvgIpc) is 2.88. The number of hydrogen-bond donors (Lipinski definition) is 2. The molecule has 7 nitrogen and oxygen atoms in total. The predicted octanol–water partition coefficient (Wildman–Crippen LogP) is 2.66. The number of likely N-dealkylation sites (N-methyl/N-ethyl adjacent to an activating group) is 1. The molecule has 3 rings (SSSR count). The normalized spacial score (nSPS) is 13.4. The Labute approximate surface area is 158 Å². The molecule has 0 aliphatic carbocycles. The molecule has 0 atom stereocenters. The summed E-state index contributed by atoms with van der Waals surface area (Å²) >= 11 is 0. The highest BCUT2D eigenvalue weighted by molar-refractivity contribution is 7.92. The summed E-state index contributed by atoms with van der Waals surface area (Å²) in [5, 5.41) is 2.71. The molecular formula is C19H21N3O4S. The molecule has 2 N–H and O–H groups in total. The third kappa shape index (κ3) is 3.80. The number of nitrogens with zero attached hydrogens (tertiary/aromatic N) is 1. The van der Waals surface area contributed by atoms with E-state index in [4.69, 9.17) is 0 Å². The number of benzene rings is 2. The van der Waals surface area contributed by atoms with Crippen LogP contribution in [0, 0.1) is 6.92 Å². The van der Waals surface area contributed by atoms with Crippen molar-refractivity contribution in [2.24, 2.45) is 0 Å². The highest BCUT2D eigenvalue weighted by Crippen LogP contribution is 2.31. The van der Waals surface area contributed by atoms with Crippen molar-refractivity contribution in [3.63, 3.8) is 0 Å². The van der Waals surface area contributed by atoms with Crippen LogP contribution in [0.15, 0.2) is 41.3 Å². The van der Waals surface area contributed by atoms with Crippen LogP contribution in [-0.2, 0) is 26.0 Å². The predicted molar refractivity (Wildman–Crippen MR) is 104 cm³/mol. The molecule has 27 heavy (non-hydrogen) atoms. The summed E-state index contributed by atoms with van der Waals surface area (Å²) in [5.74, 6) is -0.161. The van der Waals surface area contributed by atoms with E-state index in [0.717, 1.165) is 11.3 Å². The Morgan fingerprint density at radius 3 is 2.52 bits per heavy atom. The van der Waals surface area contributed by atoms with Crippen molar-refractivity contribution in [3.8, 4) is 0 Å². The van der Waals surface area contributed by atoms with Gasteiger partial charge < -0.3 is 10.2 Å². The molecule has 2 amide bonds. The van der Waals surface area contributed by atoms with E-state index in [9.17, 15) is 18.0 Å². The maximum Gasteiger partial charge on any atom is 0.262 e. The summed E-state index contributed by atoms with van der Waals surface area (Å²) < 4.78 is 28.1. The first kappa shape index (κ1) is 18.9.